The second-order valence-corrected chi connectivity index (χ2v) is 3.38. The van der Waals surface area contributed by atoms with E-state index in [1.807, 2.05) is 0 Å². The molecule has 1 aromatic heterocycles. The van der Waals surface area contributed by atoms with E-state index in [4.69, 9.17) is 9.47 Å². The van der Waals surface area contributed by atoms with Crippen LogP contribution in [0.4, 0.5) is 5.82 Å². The summed E-state index contributed by atoms with van der Waals surface area (Å²) in [6.07, 6.45) is 1.42. The van der Waals surface area contributed by atoms with Gasteiger partial charge in [-0.2, -0.15) is 10.3 Å². The minimum atomic E-state index is -0.301. The van der Waals surface area contributed by atoms with Gasteiger partial charge >= 0.3 is 0 Å². The maximum Gasteiger partial charge on any atom is 0.257 e. The van der Waals surface area contributed by atoms with Crippen LogP contribution in [0.2, 0.25) is 0 Å². The molecule has 7 heteroatoms. The normalized spacial score (nSPS) is 9.89. The fourth-order valence-corrected chi connectivity index (χ4v) is 1.43. The van der Waals surface area contributed by atoms with Crippen molar-refractivity contribution in [2.75, 3.05) is 19.5 Å². The summed E-state index contributed by atoms with van der Waals surface area (Å²) in [6.45, 7) is 0. The summed E-state index contributed by atoms with van der Waals surface area (Å²) in [7, 11) is 3.05. The predicted octanol–water partition coefficient (Wildman–Crippen LogP) is 1.07. The topological polar surface area (TPSA) is 89.1 Å². The minimum absolute atomic E-state index is 0.301. The lowest BCUT2D eigenvalue weighted by molar-refractivity contribution is 0.102. The number of hydrogen-bond acceptors (Lipinski definition) is 5. The highest BCUT2D eigenvalue weighted by Crippen LogP contribution is 2.27. The predicted molar refractivity (Wildman–Crippen MR) is 63.9 cm³/mol. The first-order valence-corrected chi connectivity index (χ1v) is 5.13. The minimum Gasteiger partial charge on any atom is -0.493 e. The molecule has 0 atom stereocenters. The average Bonchev–Trinajstić information content (AvgIpc) is 2.90. The van der Waals surface area contributed by atoms with Crippen LogP contribution in [0, 0.1) is 0 Å². The Bertz CT molecular complexity index is 539. The molecule has 0 radical (unpaired) electrons. The molecule has 1 amide bonds. The number of H-pyrrole nitrogens is 1. The maximum absolute atomic E-state index is 11.9. The van der Waals surface area contributed by atoms with Crippen molar-refractivity contribution in [1.82, 2.24) is 15.4 Å². The van der Waals surface area contributed by atoms with Gasteiger partial charge in [0.05, 0.1) is 20.4 Å². The van der Waals surface area contributed by atoms with Crippen LogP contribution < -0.4 is 14.8 Å². The van der Waals surface area contributed by atoms with E-state index in [0.29, 0.717) is 22.9 Å². The van der Waals surface area contributed by atoms with Crippen LogP contribution in [-0.2, 0) is 0 Å². The monoisotopic (exact) mass is 248 g/mol. The number of benzene rings is 1. The highest BCUT2D eigenvalue weighted by molar-refractivity contribution is 6.04. The van der Waals surface area contributed by atoms with Crippen molar-refractivity contribution in [2.45, 2.75) is 0 Å². The number of rotatable bonds is 4. The van der Waals surface area contributed by atoms with Gasteiger partial charge in [-0.05, 0) is 18.2 Å². The molecule has 0 aliphatic carbocycles. The molecule has 0 saturated heterocycles. The molecule has 7 nitrogen and oxygen atoms in total. The lowest BCUT2D eigenvalue weighted by Gasteiger charge is -2.09. The van der Waals surface area contributed by atoms with Crippen LogP contribution in [-0.4, -0.2) is 35.5 Å². The largest absolute Gasteiger partial charge is 0.493 e. The quantitative estimate of drug-likeness (QED) is 0.844. The molecule has 0 aliphatic heterocycles. The van der Waals surface area contributed by atoms with Gasteiger partial charge in [0.1, 0.15) is 0 Å². The molecule has 0 bridgehead atoms. The number of carbonyl (C=O) groups excluding carboxylic acids is 1. The number of hydrogen-bond donors (Lipinski definition) is 2. The molecule has 0 saturated carbocycles. The van der Waals surface area contributed by atoms with Crippen LogP contribution in [0.3, 0.4) is 0 Å². The third-order valence-corrected chi connectivity index (χ3v) is 2.30. The second-order valence-electron chi connectivity index (χ2n) is 3.38. The molecular weight excluding hydrogens is 236 g/mol. The van der Waals surface area contributed by atoms with E-state index in [2.05, 4.69) is 20.7 Å². The zero-order chi connectivity index (χ0) is 13.0. The third kappa shape index (κ3) is 2.40. The molecule has 94 valence electrons. The van der Waals surface area contributed by atoms with Crippen LogP contribution in [0.5, 0.6) is 11.5 Å². The molecule has 0 unspecified atom stereocenters. The molecule has 0 fully saturated rings. The van der Waals surface area contributed by atoms with Crippen molar-refractivity contribution < 1.29 is 14.3 Å². The smallest absolute Gasteiger partial charge is 0.257 e. The Labute approximate surface area is 103 Å². The zero-order valence-electron chi connectivity index (χ0n) is 9.93. The number of carbonyl (C=O) groups is 1. The average molecular weight is 248 g/mol. The number of aromatic nitrogens is 3. The molecule has 1 heterocycles. The SMILES string of the molecule is COc1ccc(C(=O)Nc2cn[nH]n2)cc1OC. The number of anilines is 1. The third-order valence-electron chi connectivity index (χ3n) is 2.30. The number of nitrogens with one attached hydrogen (secondary N) is 2. The lowest BCUT2D eigenvalue weighted by Crippen LogP contribution is -2.12. The van der Waals surface area contributed by atoms with E-state index >= 15 is 0 Å². The van der Waals surface area contributed by atoms with Crippen molar-refractivity contribution in [2.24, 2.45) is 0 Å². The van der Waals surface area contributed by atoms with Crippen molar-refractivity contribution in [3.63, 3.8) is 0 Å². The second kappa shape index (κ2) is 5.17. The standard InChI is InChI=1S/C11H12N4O3/c1-17-8-4-3-7(5-9(8)18-2)11(16)13-10-6-12-15-14-10/h3-6H,1-2H3,(H2,12,13,14,15,16). The van der Waals surface area contributed by atoms with Gasteiger partial charge in [0.15, 0.2) is 17.3 Å². The molecular formula is C11H12N4O3. The molecule has 2 N–H and O–H groups in total. The highest BCUT2D eigenvalue weighted by Gasteiger charge is 2.11. The number of ether oxygens (including phenoxy) is 2. The molecule has 0 spiro atoms. The van der Waals surface area contributed by atoms with Gasteiger partial charge in [0, 0.05) is 5.56 Å². The van der Waals surface area contributed by atoms with Crippen LogP contribution in [0.25, 0.3) is 0 Å². The Morgan fingerprint density at radius 3 is 2.67 bits per heavy atom. The van der Waals surface area contributed by atoms with Gasteiger partial charge in [-0.15, -0.1) is 5.10 Å². The highest BCUT2D eigenvalue weighted by atomic mass is 16.5. The summed E-state index contributed by atoms with van der Waals surface area (Å²) in [5.74, 6) is 1.11. The van der Waals surface area contributed by atoms with Gasteiger partial charge < -0.3 is 14.8 Å². The van der Waals surface area contributed by atoms with E-state index in [-0.39, 0.29) is 5.91 Å². The van der Waals surface area contributed by atoms with Crippen LogP contribution >= 0.6 is 0 Å². The van der Waals surface area contributed by atoms with E-state index in [1.165, 1.54) is 20.4 Å². The molecule has 1 aromatic carbocycles. The summed E-state index contributed by atoms with van der Waals surface area (Å²) in [6, 6.07) is 4.89. The van der Waals surface area contributed by atoms with E-state index in [0.717, 1.165) is 0 Å². The first-order valence-electron chi connectivity index (χ1n) is 5.13. The summed E-state index contributed by atoms with van der Waals surface area (Å²) < 4.78 is 10.2. The van der Waals surface area contributed by atoms with E-state index in [9.17, 15) is 4.79 Å². The Hall–Kier alpha value is -2.57. The fraction of sp³-hybridized carbons (Fsp3) is 0.182. The molecule has 18 heavy (non-hydrogen) atoms. The summed E-state index contributed by atoms with van der Waals surface area (Å²) in [5.41, 5.74) is 0.440. The van der Waals surface area contributed by atoms with Crippen molar-refractivity contribution in [3.8, 4) is 11.5 Å². The van der Waals surface area contributed by atoms with E-state index < -0.39 is 0 Å². The molecule has 2 aromatic rings. The summed E-state index contributed by atoms with van der Waals surface area (Å²) in [4.78, 5) is 11.9. The van der Waals surface area contributed by atoms with Crippen LogP contribution in [0.1, 0.15) is 10.4 Å². The summed E-state index contributed by atoms with van der Waals surface area (Å²) >= 11 is 0. The van der Waals surface area contributed by atoms with Crippen molar-refractivity contribution >= 4 is 11.7 Å². The number of nitrogens with zero attached hydrogens (tertiary/aromatic N) is 2. The number of amides is 1. The Morgan fingerprint density at radius 2 is 2.06 bits per heavy atom. The van der Waals surface area contributed by atoms with Gasteiger partial charge in [0.2, 0.25) is 0 Å². The molecule has 0 aliphatic rings. The maximum atomic E-state index is 11.9. The summed E-state index contributed by atoms with van der Waals surface area (Å²) in [5, 5.41) is 12.3. The van der Waals surface area contributed by atoms with Crippen LogP contribution in [0.15, 0.2) is 24.4 Å². The van der Waals surface area contributed by atoms with Crippen molar-refractivity contribution in [3.05, 3.63) is 30.0 Å². The van der Waals surface area contributed by atoms with Crippen molar-refractivity contribution in [1.29, 1.82) is 0 Å². The van der Waals surface area contributed by atoms with E-state index in [1.54, 1.807) is 18.2 Å². The molecule has 2 rings (SSSR count). The zero-order valence-corrected chi connectivity index (χ0v) is 9.93. The Balaban J connectivity index is 2.20. The van der Waals surface area contributed by atoms with Gasteiger partial charge in [-0.1, -0.05) is 0 Å². The first-order chi connectivity index (χ1) is 8.74. The Morgan fingerprint density at radius 1 is 1.28 bits per heavy atom. The van der Waals surface area contributed by atoms with Gasteiger partial charge in [-0.3, -0.25) is 4.79 Å². The van der Waals surface area contributed by atoms with Gasteiger partial charge in [-0.25, -0.2) is 0 Å². The first kappa shape index (κ1) is 11.9. The number of aromatic amines is 1. The lowest BCUT2D eigenvalue weighted by atomic mass is 10.2. The number of methoxy groups -OCH3 is 2. The van der Waals surface area contributed by atoms with Gasteiger partial charge in [0.25, 0.3) is 5.91 Å². The fourth-order valence-electron chi connectivity index (χ4n) is 1.43. The Kier molecular flexibility index (Phi) is 3.42.